The van der Waals surface area contributed by atoms with Crippen molar-refractivity contribution in [2.45, 2.75) is 6.54 Å². The number of anilines is 1. The van der Waals surface area contributed by atoms with Gasteiger partial charge in [-0.15, -0.1) is 0 Å². The number of hydrogen-bond acceptors (Lipinski definition) is 5. The summed E-state index contributed by atoms with van der Waals surface area (Å²) in [5.41, 5.74) is 2.34. The highest BCUT2D eigenvalue weighted by atomic mass is 35.5. The van der Waals surface area contributed by atoms with Crippen LogP contribution >= 0.6 is 11.6 Å². The van der Waals surface area contributed by atoms with Crippen molar-refractivity contribution in [3.63, 3.8) is 0 Å². The summed E-state index contributed by atoms with van der Waals surface area (Å²) in [7, 11) is 3.25. The first-order valence-corrected chi connectivity index (χ1v) is 9.44. The molecule has 1 N–H and O–H groups in total. The van der Waals surface area contributed by atoms with Crippen molar-refractivity contribution in [3.8, 4) is 11.5 Å². The molecule has 1 aromatic heterocycles. The normalized spacial score (nSPS) is 10.9. The number of nitrogens with one attached hydrogen (secondary N) is 1. The Bertz CT molecular complexity index is 1270. The van der Waals surface area contributed by atoms with Crippen LogP contribution in [0.25, 0.3) is 21.7 Å². The van der Waals surface area contributed by atoms with Crippen LogP contribution in [0.3, 0.4) is 0 Å². The summed E-state index contributed by atoms with van der Waals surface area (Å²) in [6.45, 7) is 0.542. The van der Waals surface area contributed by atoms with E-state index in [0.29, 0.717) is 27.9 Å². The molecule has 1 heterocycles. The molecule has 0 amide bonds. The van der Waals surface area contributed by atoms with E-state index in [9.17, 15) is 4.79 Å². The highest BCUT2D eigenvalue weighted by molar-refractivity contribution is 6.31. The van der Waals surface area contributed by atoms with Gasteiger partial charge >= 0.3 is 0 Å². The predicted octanol–water partition coefficient (Wildman–Crippen LogP) is 5.03. The Labute approximate surface area is 172 Å². The molecule has 0 radical (unpaired) electrons. The summed E-state index contributed by atoms with van der Waals surface area (Å²) < 4.78 is 10.7. The minimum atomic E-state index is -0.0966. The Morgan fingerprint density at radius 3 is 2.59 bits per heavy atom. The Hall–Kier alpha value is -3.31. The van der Waals surface area contributed by atoms with Gasteiger partial charge in [0.25, 0.3) is 0 Å². The van der Waals surface area contributed by atoms with E-state index >= 15 is 0 Å². The Kier molecular flexibility index (Phi) is 5.23. The number of fused-ring (bicyclic) bond motifs is 2. The summed E-state index contributed by atoms with van der Waals surface area (Å²) >= 11 is 6.05. The third kappa shape index (κ3) is 3.82. The van der Waals surface area contributed by atoms with Gasteiger partial charge in [-0.1, -0.05) is 23.7 Å². The first-order chi connectivity index (χ1) is 14.1. The van der Waals surface area contributed by atoms with Crippen molar-refractivity contribution in [3.05, 3.63) is 81.6 Å². The maximum atomic E-state index is 13.1. The van der Waals surface area contributed by atoms with Crippen LogP contribution in [0.4, 0.5) is 5.69 Å². The number of halogens is 1. The van der Waals surface area contributed by atoms with E-state index < -0.39 is 0 Å². The molecular weight excluding hydrogens is 388 g/mol. The number of nitrogens with zero attached hydrogens (tertiary/aromatic N) is 1. The fourth-order valence-electron chi connectivity index (χ4n) is 3.28. The van der Waals surface area contributed by atoms with Gasteiger partial charge in [-0.2, -0.15) is 0 Å². The van der Waals surface area contributed by atoms with Crippen molar-refractivity contribution >= 4 is 39.0 Å². The molecule has 0 saturated carbocycles. The fraction of sp³-hybridized carbons (Fsp3) is 0.130. The van der Waals surface area contributed by atoms with Crippen molar-refractivity contribution in [1.82, 2.24) is 4.98 Å². The van der Waals surface area contributed by atoms with Gasteiger partial charge in [0.1, 0.15) is 11.5 Å². The second-order valence-corrected chi connectivity index (χ2v) is 7.02. The Morgan fingerprint density at radius 2 is 1.79 bits per heavy atom. The van der Waals surface area contributed by atoms with Gasteiger partial charge in [-0.05, 0) is 41.8 Å². The van der Waals surface area contributed by atoms with Gasteiger partial charge in [0.05, 0.1) is 24.8 Å². The van der Waals surface area contributed by atoms with Crippen LogP contribution in [-0.2, 0) is 6.54 Å². The van der Waals surface area contributed by atoms with Crippen LogP contribution in [0.15, 0.2) is 65.6 Å². The summed E-state index contributed by atoms with van der Waals surface area (Å²) in [4.78, 5) is 17.3. The highest BCUT2D eigenvalue weighted by Crippen LogP contribution is 2.26. The molecule has 0 aliphatic carbocycles. The lowest BCUT2D eigenvalue weighted by atomic mass is 10.1. The third-order valence-electron chi connectivity index (χ3n) is 4.83. The van der Waals surface area contributed by atoms with Crippen LogP contribution in [0.5, 0.6) is 11.5 Å². The van der Waals surface area contributed by atoms with Crippen molar-refractivity contribution < 1.29 is 9.47 Å². The number of aromatic nitrogens is 1. The molecular formula is C23H19ClN2O3. The third-order valence-corrected chi connectivity index (χ3v) is 5.03. The lowest BCUT2D eigenvalue weighted by Crippen LogP contribution is -2.04. The molecule has 146 valence electrons. The van der Waals surface area contributed by atoms with Crippen molar-refractivity contribution in [2.24, 2.45) is 0 Å². The second-order valence-electron chi connectivity index (χ2n) is 6.58. The maximum absolute atomic E-state index is 13.1. The van der Waals surface area contributed by atoms with Gasteiger partial charge in [0, 0.05) is 40.8 Å². The van der Waals surface area contributed by atoms with Gasteiger partial charge in [-0.25, -0.2) is 0 Å². The molecule has 0 saturated heterocycles. The first-order valence-electron chi connectivity index (χ1n) is 9.06. The first kappa shape index (κ1) is 19.0. The fourth-order valence-corrected chi connectivity index (χ4v) is 3.44. The van der Waals surface area contributed by atoms with Crippen LogP contribution in [0.2, 0.25) is 5.02 Å². The van der Waals surface area contributed by atoms with Crippen molar-refractivity contribution in [1.29, 1.82) is 0 Å². The largest absolute Gasteiger partial charge is 0.497 e. The van der Waals surface area contributed by atoms with E-state index in [0.717, 1.165) is 28.1 Å². The molecule has 6 heteroatoms. The molecule has 29 heavy (non-hydrogen) atoms. The second kappa shape index (κ2) is 7.97. The number of ether oxygens (including phenoxy) is 2. The topological polar surface area (TPSA) is 60.5 Å². The molecule has 3 aromatic carbocycles. The van der Waals surface area contributed by atoms with E-state index in [1.807, 2.05) is 48.5 Å². The molecule has 4 aromatic rings. The minimum absolute atomic E-state index is 0.0966. The van der Waals surface area contributed by atoms with Crippen LogP contribution < -0.4 is 20.2 Å². The van der Waals surface area contributed by atoms with E-state index in [1.165, 1.54) is 0 Å². The van der Waals surface area contributed by atoms with Gasteiger partial charge in [-0.3, -0.25) is 9.78 Å². The van der Waals surface area contributed by atoms with Crippen molar-refractivity contribution in [2.75, 3.05) is 19.5 Å². The average Bonchev–Trinajstić information content (AvgIpc) is 2.88. The number of methoxy groups -OCH3 is 2. The monoisotopic (exact) mass is 406 g/mol. The zero-order valence-electron chi connectivity index (χ0n) is 16.0. The molecule has 0 fully saturated rings. The molecule has 0 aliphatic heterocycles. The van der Waals surface area contributed by atoms with E-state index in [1.54, 1.807) is 26.5 Å². The van der Waals surface area contributed by atoms with E-state index in [2.05, 4.69) is 10.3 Å². The number of benzene rings is 2. The smallest absolute Gasteiger partial charge is 0.195 e. The summed E-state index contributed by atoms with van der Waals surface area (Å²) in [5, 5.41) is 5.75. The minimum Gasteiger partial charge on any atom is -0.497 e. The number of pyridine rings is 1. The van der Waals surface area contributed by atoms with E-state index in [-0.39, 0.29) is 5.43 Å². The SMILES string of the molecule is COc1ccc(CNc2ccc3ccc4ncc(Cl)cc4c(=O)c3c2)c(OC)c1. The maximum Gasteiger partial charge on any atom is 0.195 e. The zero-order chi connectivity index (χ0) is 20.4. The summed E-state index contributed by atoms with van der Waals surface area (Å²) in [6.07, 6.45) is 1.54. The zero-order valence-corrected chi connectivity index (χ0v) is 16.8. The van der Waals surface area contributed by atoms with Gasteiger partial charge in [0.15, 0.2) is 5.43 Å². The lowest BCUT2D eigenvalue weighted by Gasteiger charge is -2.12. The molecule has 0 aliphatic rings. The predicted molar refractivity (Wildman–Crippen MR) is 117 cm³/mol. The van der Waals surface area contributed by atoms with Crippen LogP contribution in [0, 0.1) is 0 Å². The van der Waals surface area contributed by atoms with Gasteiger partial charge < -0.3 is 14.8 Å². The highest BCUT2D eigenvalue weighted by Gasteiger charge is 2.08. The number of rotatable bonds is 5. The Balaban J connectivity index is 1.71. The summed E-state index contributed by atoms with van der Waals surface area (Å²) in [5.74, 6) is 1.47. The number of hydrogen-bond donors (Lipinski definition) is 1. The quantitative estimate of drug-likeness (QED) is 0.503. The van der Waals surface area contributed by atoms with Gasteiger partial charge in [0.2, 0.25) is 0 Å². The standard InChI is InChI=1S/C23H19ClN2O3/c1-28-18-7-4-15(22(11-18)29-2)12-25-17-6-3-14-5-8-21-20(9-16(24)13-26-21)23(27)19(14)10-17/h3-11,13,25H,12H2,1-2H3. The van der Waals surface area contributed by atoms with E-state index in [4.69, 9.17) is 21.1 Å². The lowest BCUT2D eigenvalue weighted by molar-refractivity contribution is 0.391. The van der Waals surface area contributed by atoms with Crippen LogP contribution in [0.1, 0.15) is 5.56 Å². The van der Waals surface area contributed by atoms with Crippen LogP contribution in [-0.4, -0.2) is 19.2 Å². The molecule has 0 atom stereocenters. The Morgan fingerprint density at radius 1 is 0.966 bits per heavy atom. The molecule has 0 bridgehead atoms. The molecule has 0 unspecified atom stereocenters. The summed E-state index contributed by atoms with van der Waals surface area (Å²) in [6, 6.07) is 16.8. The molecule has 0 spiro atoms. The average molecular weight is 407 g/mol. The molecule has 4 rings (SSSR count). The molecule has 5 nitrogen and oxygen atoms in total.